The van der Waals surface area contributed by atoms with Gasteiger partial charge in [-0.1, -0.05) is 5.92 Å². The molecule has 1 saturated heterocycles. The predicted molar refractivity (Wildman–Crippen MR) is 58.2 cm³/mol. The van der Waals surface area contributed by atoms with E-state index in [0.717, 1.165) is 19.4 Å². The molecule has 1 aromatic heterocycles. The van der Waals surface area contributed by atoms with Gasteiger partial charge in [-0.3, -0.25) is 0 Å². The number of aromatic nitrogens is 2. The summed E-state index contributed by atoms with van der Waals surface area (Å²) in [6.07, 6.45) is 8.58. The molecular formula is C11H11N3O2. The maximum atomic E-state index is 10.8. The third-order valence-corrected chi connectivity index (χ3v) is 2.61. The summed E-state index contributed by atoms with van der Waals surface area (Å²) >= 11 is 0. The van der Waals surface area contributed by atoms with Crippen molar-refractivity contribution in [2.45, 2.75) is 18.9 Å². The Kier molecular flexibility index (Phi) is 2.73. The first-order valence-corrected chi connectivity index (χ1v) is 5.00. The molecular weight excluding hydrogens is 206 g/mol. The zero-order valence-electron chi connectivity index (χ0n) is 8.63. The highest BCUT2D eigenvalue weighted by atomic mass is 16.4. The standard InChI is InChI=1S/C11H11N3O2/c1-2-8-4-3-5-14(8)10-6-9(11(15)16)12-7-13-10/h1,6-8H,3-5H2,(H,15,16). The Hall–Kier alpha value is -2.09. The molecule has 1 aliphatic rings. The van der Waals surface area contributed by atoms with Crippen LogP contribution in [0.2, 0.25) is 0 Å². The van der Waals surface area contributed by atoms with Crippen molar-refractivity contribution in [3.63, 3.8) is 0 Å². The fourth-order valence-corrected chi connectivity index (χ4v) is 1.84. The van der Waals surface area contributed by atoms with Crippen molar-refractivity contribution in [3.8, 4) is 12.3 Å². The summed E-state index contributed by atoms with van der Waals surface area (Å²) in [5.41, 5.74) is -0.00679. The number of carboxylic acid groups (broad SMARTS) is 1. The summed E-state index contributed by atoms with van der Waals surface area (Å²) in [6.45, 7) is 0.810. The van der Waals surface area contributed by atoms with E-state index in [4.69, 9.17) is 11.5 Å². The van der Waals surface area contributed by atoms with Crippen LogP contribution >= 0.6 is 0 Å². The number of terminal acetylenes is 1. The Morgan fingerprint density at radius 3 is 3.12 bits per heavy atom. The van der Waals surface area contributed by atoms with Crippen molar-refractivity contribution in [2.75, 3.05) is 11.4 Å². The zero-order chi connectivity index (χ0) is 11.5. The van der Waals surface area contributed by atoms with Gasteiger partial charge in [-0.05, 0) is 12.8 Å². The van der Waals surface area contributed by atoms with Crippen LogP contribution in [0.25, 0.3) is 0 Å². The second-order valence-electron chi connectivity index (χ2n) is 3.58. The van der Waals surface area contributed by atoms with Crippen LogP contribution in [0.1, 0.15) is 23.3 Å². The third-order valence-electron chi connectivity index (χ3n) is 2.61. The molecule has 1 fully saturated rings. The van der Waals surface area contributed by atoms with E-state index in [1.165, 1.54) is 12.4 Å². The van der Waals surface area contributed by atoms with E-state index in [1.807, 2.05) is 4.90 Å². The number of nitrogens with zero attached hydrogens (tertiary/aromatic N) is 3. The minimum atomic E-state index is -1.06. The molecule has 0 aliphatic carbocycles. The van der Waals surface area contributed by atoms with Gasteiger partial charge in [0.2, 0.25) is 0 Å². The van der Waals surface area contributed by atoms with Gasteiger partial charge in [0.1, 0.15) is 12.1 Å². The van der Waals surface area contributed by atoms with Gasteiger partial charge in [-0.15, -0.1) is 6.42 Å². The van der Waals surface area contributed by atoms with Gasteiger partial charge in [0.05, 0.1) is 6.04 Å². The highest BCUT2D eigenvalue weighted by Crippen LogP contribution is 2.23. The first-order valence-electron chi connectivity index (χ1n) is 5.00. The lowest BCUT2D eigenvalue weighted by Crippen LogP contribution is -2.28. The van der Waals surface area contributed by atoms with Gasteiger partial charge < -0.3 is 10.0 Å². The summed E-state index contributed by atoms with van der Waals surface area (Å²) in [4.78, 5) is 20.4. The first kappa shape index (κ1) is 10.4. The molecule has 0 amide bonds. The van der Waals surface area contributed by atoms with E-state index in [2.05, 4.69) is 15.9 Å². The fraction of sp³-hybridized carbons (Fsp3) is 0.364. The van der Waals surface area contributed by atoms with Gasteiger partial charge in [-0.25, -0.2) is 14.8 Å². The molecule has 0 saturated carbocycles. The van der Waals surface area contributed by atoms with Crippen LogP contribution in [0.3, 0.4) is 0 Å². The van der Waals surface area contributed by atoms with E-state index in [1.54, 1.807) is 0 Å². The van der Waals surface area contributed by atoms with Crippen LogP contribution in [0.5, 0.6) is 0 Å². The molecule has 1 unspecified atom stereocenters. The third kappa shape index (κ3) is 1.82. The molecule has 0 radical (unpaired) electrons. The Balaban J connectivity index is 2.30. The molecule has 1 aliphatic heterocycles. The number of hydrogen-bond acceptors (Lipinski definition) is 4. The maximum Gasteiger partial charge on any atom is 0.354 e. The second kappa shape index (κ2) is 4.19. The zero-order valence-corrected chi connectivity index (χ0v) is 8.63. The molecule has 1 atom stereocenters. The molecule has 0 aromatic carbocycles. The summed E-state index contributed by atoms with van der Waals surface area (Å²) in [7, 11) is 0. The number of aromatic carboxylic acids is 1. The van der Waals surface area contributed by atoms with Gasteiger partial charge in [-0.2, -0.15) is 0 Å². The SMILES string of the molecule is C#CC1CCCN1c1cc(C(=O)O)ncn1. The molecule has 5 heteroatoms. The average Bonchev–Trinajstić information content (AvgIpc) is 2.77. The predicted octanol–water partition coefficient (Wildman–Crippen LogP) is 0.777. The van der Waals surface area contributed by atoms with Gasteiger partial charge in [0, 0.05) is 12.6 Å². The topological polar surface area (TPSA) is 66.3 Å². The first-order chi connectivity index (χ1) is 7.72. The quantitative estimate of drug-likeness (QED) is 0.741. The Morgan fingerprint density at radius 1 is 1.62 bits per heavy atom. The number of rotatable bonds is 2. The van der Waals surface area contributed by atoms with E-state index < -0.39 is 5.97 Å². The number of anilines is 1. The number of hydrogen-bond donors (Lipinski definition) is 1. The second-order valence-corrected chi connectivity index (χ2v) is 3.58. The minimum Gasteiger partial charge on any atom is -0.477 e. The van der Waals surface area contributed by atoms with Crippen LogP contribution in [-0.2, 0) is 0 Å². The molecule has 2 rings (SSSR count). The fourth-order valence-electron chi connectivity index (χ4n) is 1.84. The average molecular weight is 217 g/mol. The van der Waals surface area contributed by atoms with E-state index in [0.29, 0.717) is 5.82 Å². The lowest BCUT2D eigenvalue weighted by molar-refractivity contribution is 0.0690. The largest absolute Gasteiger partial charge is 0.477 e. The van der Waals surface area contributed by atoms with Crippen molar-refractivity contribution in [1.82, 2.24) is 9.97 Å². The van der Waals surface area contributed by atoms with Crippen LogP contribution in [0.4, 0.5) is 5.82 Å². The van der Waals surface area contributed by atoms with Crippen LogP contribution < -0.4 is 4.90 Å². The monoisotopic (exact) mass is 217 g/mol. The van der Waals surface area contributed by atoms with Crippen molar-refractivity contribution in [2.24, 2.45) is 0 Å². The molecule has 1 N–H and O–H groups in total. The van der Waals surface area contributed by atoms with Crippen molar-refractivity contribution in [1.29, 1.82) is 0 Å². The highest BCUT2D eigenvalue weighted by molar-refractivity contribution is 5.86. The van der Waals surface area contributed by atoms with Crippen molar-refractivity contribution >= 4 is 11.8 Å². The lowest BCUT2D eigenvalue weighted by Gasteiger charge is -2.21. The van der Waals surface area contributed by atoms with Gasteiger partial charge in [0.15, 0.2) is 5.69 Å². The number of carboxylic acids is 1. The number of carbonyl (C=O) groups is 1. The van der Waals surface area contributed by atoms with Crippen LogP contribution in [0.15, 0.2) is 12.4 Å². The molecule has 1 aromatic rings. The van der Waals surface area contributed by atoms with Crippen molar-refractivity contribution in [3.05, 3.63) is 18.1 Å². The molecule has 0 bridgehead atoms. The highest BCUT2D eigenvalue weighted by Gasteiger charge is 2.24. The molecule has 16 heavy (non-hydrogen) atoms. The molecule has 0 spiro atoms. The lowest BCUT2D eigenvalue weighted by atomic mass is 10.2. The van der Waals surface area contributed by atoms with Gasteiger partial charge >= 0.3 is 5.97 Å². The summed E-state index contributed by atoms with van der Waals surface area (Å²) < 4.78 is 0. The van der Waals surface area contributed by atoms with Crippen molar-refractivity contribution < 1.29 is 9.90 Å². The van der Waals surface area contributed by atoms with Crippen LogP contribution in [-0.4, -0.2) is 33.6 Å². The summed E-state index contributed by atoms with van der Waals surface area (Å²) in [5, 5.41) is 8.83. The minimum absolute atomic E-state index is 0.00679. The maximum absolute atomic E-state index is 10.8. The molecule has 2 heterocycles. The van der Waals surface area contributed by atoms with Crippen LogP contribution in [0, 0.1) is 12.3 Å². The summed E-state index contributed by atoms with van der Waals surface area (Å²) in [6, 6.07) is 1.47. The molecule has 82 valence electrons. The normalized spacial score (nSPS) is 19.4. The summed E-state index contributed by atoms with van der Waals surface area (Å²) in [5.74, 6) is 2.21. The van der Waals surface area contributed by atoms with E-state index in [-0.39, 0.29) is 11.7 Å². The molecule has 5 nitrogen and oxygen atoms in total. The van der Waals surface area contributed by atoms with E-state index >= 15 is 0 Å². The van der Waals surface area contributed by atoms with E-state index in [9.17, 15) is 4.79 Å². The van der Waals surface area contributed by atoms with Gasteiger partial charge in [0.25, 0.3) is 0 Å². The Morgan fingerprint density at radius 2 is 2.44 bits per heavy atom. The smallest absolute Gasteiger partial charge is 0.354 e. The Bertz CT molecular complexity index is 453. The Labute approximate surface area is 93.1 Å².